The average Bonchev–Trinajstić information content (AvgIpc) is 3.16. The molecule has 0 saturated carbocycles. The van der Waals surface area contributed by atoms with Crippen molar-refractivity contribution in [2.45, 2.75) is 32.7 Å². The van der Waals surface area contributed by atoms with Crippen molar-refractivity contribution in [3.05, 3.63) is 51.7 Å². The molecule has 1 aromatic carbocycles. The normalized spacial score (nSPS) is 17.7. The van der Waals surface area contributed by atoms with Crippen LogP contribution in [0.4, 0.5) is 0 Å². The fourth-order valence-corrected chi connectivity index (χ4v) is 4.04. The zero-order chi connectivity index (χ0) is 15.5. The third-order valence-corrected chi connectivity index (χ3v) is 5.12. The summed E-state index contributed by atoms with van der Waals surface area (Å²) < 4.78 is 5.62. The van der Waals surface area contributed by atoms with Gasteiger partial charge in [0.2, 0.25) is 0 Å². The van der Waals surface area contributed by atoms with Crippen LogP contribution in [0, 0.1) is 6.92 Å². The van der Waals surface area contributed by atoms with Gasteiger partial charge in [0.15, 0.2) is 0 Å². The second-order valence-corrected chi connectivity index (χ2v) is 6.85. The van der Waals surface area contributed by atoms with Crippen LogP contribution in [-0.4, -0.2) is 24.0 Å². The van der Waals surface area contributed by atoms with Crippen LogP contribution in [0.25, 0.3) is 0 Å². The number of thiophene rings is 1. The molecule has 1 fully saturated rings. The molecule has 3 nitrogen and oxygen atoms in total. The van der Waals surface area contributed by atoms with E-state index in [0.717, 1.165) is 19.4 Å². The van der Waals surface area contributed by atoms with Gasteiger partial charge in [-0.15, -0.1) is 11.3 Å². The molecule has 0 bridgehead atoms. The van der Waals surface area contributed by atoms with E-state index in [1.807, 2.05) is 36.1 Å². The summed E-state index contributed by atoms with van der Waals surface area (Å²) in [5.41, 5.74) is 0.671. The highest BCUT2D eigenvalue weighted by molar-refractivity contribution is 7.12. The first-order chi connectivity index (χ1) is 10.7. The van der Waals surface area contributed by atoms with Crippen molar-refractivity contribution in [3.8, 4) is 5.75 Å². The quantitative estimate of drug-likeness (QED) is 0.835. The maximum absolute atomic E-state index is 13.0. The van der Waals surface area contributed by atoms with Crippen LogP contribution < -0.4 is 4.74 Å². The van der Waals surface area contributed by atoms with Gasteiger partial charge in [0.1, 0.15) is 5.75 Å². The first-order valence-electron chi connectivity index (χ1n) is 7.80. The van der Waals surface area contributed by atoms with Gasteiger partial charge < -0.3 is 9.64 Å². The van der Waals surface area contributed by atoms with Crippen LogP contribution in [0.2, 0.25) is 0 Å². The number of nitrogens with zero attached hydrogens (tertiary/aromatic N) is 1. The number of likely N-dealkylation sites (tertiary alicyclic amines) is 1. The van der Waals surface area contributed by atoms with E-state index >= 15 is 0 Å². The highest BCUT2D eigenvalue weighted by atomic mass is 32.1. The molecule has 0 aliphatic carbocycles. The fraction of sp³-hybridized carbons (Fsp3) is 0.389. The maximum Gasteiger partial charge on any atom is 0.258 e. The SMILES string of the molecule is CCOc1ccccc1C(=O)N1CCCC1c1ccc(C)s1. The molecule has 1 atom stereocenters. The summed E-state index contributed by atoms with van der Waals surface area (Å²) in [5, 5.41) is 0. The smallest absolute Gasteiger partial charge is 0.258 e. The van der Waals surface area contributed by atoms with Gasteiger partial charge in [0.25, 0.3) is 5.91 Å². The Kier molecular flexibility index (Phi) is 4.48. The van der Waals surface area contributed by atoms with Crippen molar-refractivity contribution in [1.29, 1.82) is 0 Å². The lowest BCUT2D eigenvalue weighted by atomic mass is 10.1. The molecule has 0 radical (unpaired) electrons. The molecule has 0 N–H and O–H groups in total. The molecular weight excluding hydrogens is 294 g/mol. The number of aryl methyl sites for hydroxylation is 1. The molecule has 1 saturated heterocycles. The number of carbonyl (C=O) groups excluding carboxylic acids is 1. The van der Waals surface area contributed by atoms with E-state index in [4.69, 9.17) is 4.74 Å². The Hall–Kier alpha value is -1.81. The number of para-hydroxylation sites is 1. The molecule has 116 valence electrons. The fourth-order valence-electron chi connectivity index (χ4n) is 3.02. The number of carbonyl (C=O) groups is 1. The van der Waals surface area contributed by atoms with E-state index in [9.17, 15) is 4.79 Å². The molecular formula is C18H21NO2S. The van der Waals surface area contributed by atoms with Crippen LogP contribution in [0.5, 0.6) is 5.75 Å². The van der Waals surface area contributed by atoms with E-state index in [-0.39, 0.29) is 11.9 Å². The molecule has 0 spiro atoms. The van der Waals surface area contributed by atoms with Gasteiger partial charge in [-0.25, -0.2) is 0 Å². The largest absolute Gasteiger partial charge is 0.493 e. The summed E-state index contributed by atoms with van der Waals surface area (Å²) in [7, 11) is 0. The summed E-state index contributed by atoms with van der Waals surface area (Å²) in [5.74, 6) is 0.764. The van der Waals surface area contributed by atoms with E-state index in [2.05, 4.69) is 19.1 Å². The second-order valence-electron chi connectivity index (χ2n) is 5.53. The predicted octanol–water partition coefficient (Wildman–Crippen LogP) is 4.43. The Labute approximate surface area is 135 Å². The molecule has 2 heterocycles. The number of benzene rings is 1. The predicted molar refractivity (Wildman–Crippen MR) is 89.7 cm³/mol. The van der Waals surface area contributed by atoms with Gasteiger partial charge in [0, 0.05) is 16.3 Å². The summed E-state index contributed by atoms with van der Waals surface area (Å²) in [6.45, 7) is 5.44. The van der Waals surface area contributed by atoms with Crippen LogP contribution in [0.1, 0.15) is 45.9 Å². The standard InChI is InChI=1S/C18H21NO2S/c1-3-21-16-9-5-4-7-14(16)18(20)19-12-6-8-15(19)17-11-10-13(2)22-17/h4-5,7,9-11,15H,3,6,8,12H2,1-2H3. The van der Waals surface area contributed by atoms with Crippen molar-refractivity contribution in [2.24, 2.45) is 0 Å². The first-order valence-corrected chi connectivity index (χ1v) is 8.61. The van der Waals surface area contributed by atoms with E-state index in [1.165, 1.54) is 9.75 Å². The van der Waals surface area contributed by atoms with Gasteiger partial charge in [-0.1, -0.05) is 12.1 Å². The van der Waals surface area contributed by atoms with E-state index in [0.29, 0.717) is 17.9 Å². The summed E-state index contributed by atoms with van der Waals surface area (Å²) in [4.78, 5) is 17.6. The Balaban J connectivity index is 1.88. The minimum absolute atomic E-state index is 0.0811. The number of ether oxygens (including phenoxy) is 1. The monoisotopic (exact) mass is 315 g/mol. The number of rotatable bonds is 4. The molecule has 1 unspecified atom stereocenters. The van der Waals surface area contributed by atoms with E-state index in [1.54, 1.807) is 11.3 Å². The van der Waals surface area contributed by atoms with Gasteiger partial charge in [0.05, 0.1) is 18.2 Å². The molecule has 3 rings (SSSR count). The molecule has 2 aromatic rings. The van der Waals surface area contributed by atoms with Crippen LogP contribution in [0.15, 0.2) is 36.4 Å². The third kappa shape index (κ3) is 2.88. The highest BCUT2D eigenvalue weighted by Gasteiger charge is 2.32. The lowest BCUT2D eigenvalue weighted by Crippen LogP contribution is -2.30. The minimum atomic E-state index is 0.0811. The second kappa shape index (κ2) is 6.53. The molecule has 4 heteroatoms. The van der Waals surface area contributed by atoms with E-state index < -0.39 is 0 Å². The maximum atomic E-state index is 13.0. The molecule has 1 amide bonds. The van der Waals surface area contributed by atoms with Gasteiger partial charge >= 0.3 is 0 Å². The number of hydrogen-bond acceptors (Lipinski definition) is 3. The lowest BCUT2D eigenvalue weighted by Gasteiger charge is -2.25. The topological polar surface area (TPSA) is 29.5 Å². The van der Waals surface area contributed by atoms with Gasteiger partial charge in [-0.2, -0.15) is 0 Å². The highest BCUT2D eigenvalue weighted by Crippen LogP contribution is 2.37. The molecule has 1 aliphatic heterocycles. The van der Waals surface area contributed by atoms with Crippen LogP contribution in [0.3, 0.4) is 0 Å². The number of amides is 1. The van der Waals surface area contributed by atoms with Crippen LogP contribution >= 0.6 is 11.3 Å². The zero-order valence-corrected chi connectivity index (χ0v) is 13.9. The Bertz CT molecular complexity index is 665. The Morgan fingerprint density at radius 2 is 2.14 bits per heavy atom. The minimum Gasteiger partial charge on any atom is -0.493 e. The Morgan fingerprint density at radius 3 is 2.86 bits per heavy atom. The van der Waals surface area contributed by atoms with Crippen LogP contribution in [-0.2, 0) is 0 Å². The van der Waals surface area contributed by atoms with Crippen molar-refractivity contribution < 1.29 is 9.53 Å². The zero-order valence-electron chi connectivity index (χ0n) is 13.0. The van der Waals surface area contributed by atoms with Crippen molar-refractivity contribution >= 4 is 17.2 Å². The summed E-state index contributed by atoms with van der Waals surface area (Å²) >= 11 is 1.79. The first kappa shape index (κ1) is 15.1. The molecule has 1 aromatic heterocycles. The Morgan fingerprint density at radius 1 is 1.32 bits per heavy atom. The average molecular weight is 315 g/mol. The molecule has 1 aliphatic rings. The summed E-state index contributed by atoms with van der Waals surface area (Å²) in [6.07, 6.45) is 2.10. The third-order valence-electron chi connectivity index (χ3n) is 4.02. The molecule has 22 heavy (non-hydrogen) atoms. The van der Waals surface area contributed by atoms with Crippen molar-refractivity contribution in [3.63, 3.8) is 0 Å². The van der Waals surface area contributed by atoms with Crippen molar-refractivity contribution in [1.82, 2.24) is 4.90 Å². The van der Waals surface area contributed by atoms with Gasteiger partial charge in [-0.05, 0) is 51.0 Å². The number of hydrogen-bond donors (Lipinski definition) is 0. The summed E-state index contributed by atoms with van der Waals surface area (Å²) in [6, 6.07) is 12.0. The lowest BCUT2D eigenvalue weighted by molar-refractivity contribution is 0.0733. The van der Waals surface area contributed by atoms with Crippen molar-refractivity contribution in [2.75, 3.05) is 13.2 Å². The van der Waals surface area contributed by atoms with Gasteiger partial charge in [-0.3, -0.25) is 4.79 Å².